The third-order valence-corrected chi connectivity index (χ3v) is 6.07. The normalized spacial score (nSPS) is 22.2. The van der Waals surface area contributed by atoms with Crippen LogP contribution in [-0.4, -0.2) is 54.9 Å². The molecule has 1 saturated heterocycles. The van der Waals surface area contributed by atoms with Crippen molar-refractivity contribution in [1.29, 1.82) is 0 Å². The highest BCUT2D eigenvalue weighted by atomic mass is 79.9. The average molecular weight is 429 g/mol. The summed E-state index contributed by atoms with van der Waals surface area (Å²) in [5.74, 6) is -0.0917. The predicted octanol–water partition coefficient (Wildman–Crippen LogP) is 2.18. The third-order valence-electron chi connectivity index (χ3n) is 5.25. The van der Waals surface area contributed by atoms with Gasteiger partial charge in [0.25, 0.3) is 5.91 Å². The van der Waals surface area contributed by atoms with E-state index >= 15 is 0 Å². The average Bonchev–Trinajstić information content (AvgIpc) is 3.10. The van der Waals surface area contributed by atoms with Gasteiger partial charge in [0.2, 0.25) is 5.43 Å². The number of hydrogen-bond acceptors (Lipinski definition) is 5. The monoisotopic (exact) mass is 428 g/mol. The first-order valence-corrected chi connectivity index (χ1v) is 9.69. The molecular formula is C18H25BrN2O5. The molecule has 1 amide bonds. The zero-order valence-electron chi connectivity index (χ0n) is 15.5. The van der Waals surface area contributed by atoms with Gasteiger partial charge in [-0.3, -0.25) is 9.59 Å². The number of likely N-dealkylation sites (N-methyl/N-ethyl adjacent to an activating group) is 1. The van der Waals surface area contributed by atoms with Crippen LogP contribution in [0, 0.1) is 0 Å². The van der Waals surface area contributed by atoms with Gasteiger partial charge in [0, 0.05) is 27.3 Å². The minimum absolute atomic E-state index is 0.121. The van der Waals surface area contributed by atoms with Gasteiger partial charge in [-0.2, -0.15) is 0 Å². The number of carbonyl (C=O) groups is 1. The lowest BCUT2D eigenvalue weighted by Gasteiger charge is -2.44. The Kier molecular flexibility index (Phi) is 5.74. The van der Waals surface area contributed by atoms with Crippen LogP contribution in [0.3, 0.4) is 0 Å². The van der Waals surface area contributed by atoms with Crippen LogP contribution >= 0.6 is 15.9 Å². The molecule has 0 bridgehead atoms. The van der Waals surface area contributed by atoms with Gasteiger partial charge in [-0.15, -0.1) is 0 Å². The molecule has 26 heavy (non-hydrogen) atoms. The number of unbranched alkanes of at least 4 members (excludes halogenated alkanes) is 1. The van der Waals surface area contributed by atoms with Gasteiger partial charge in [-0.1, -0.05) is 13.3 Å². The Morgan fingerprint density at radius 1 is 1.35 bits per heavy atom. The highest BCUT2D eigenvalue weighted by molar-refractivity contribution is 9.10. The lowest BCUT2D eigenvalue weighted by molar-refractivity contribution is 0.0326. The Morgan fingerprint density at radius 3 is 2.73 bits per heavy atom. The Balaban J connectivity index is 2.18. The van der Waals surface area contributed by atoms with Crippen LogP contribution in [0.5, 0.6) is 5.75 Å². The molecule has 1 atom stereocenters. The maximum absolute atomic E-state index is 13.2. The number of methoxy groups -OCH3 is 1. The van der Waals surface area contributed by atoms with Gasteiger partial charge in [-0.25, -0.2) is 0 Å². The minimum atomic E-state index is -0.401. The molecule has 1 aromatic heterocycles. The van der Waals surface area contributed by atoms with E-state index < -0.39 is 5.54 Å². The van der Waals surface area contributed by atoms with E-state index in [-0.39, 0.29) is 23.7 Å². The summed E-state index contributed by atoms with van der Waals surface area (Å²) in [7, 11) is 3.35. The molecular weight excluding hydrogens is 404 g/mol. The molecule has 0 aromatic carbocycles. The maximum atomic E-state index is 13.2. The number of ether oxygens (including phenoxy) is 3. The largest absolute Gasteiger partial charge is 0.487 e. The number of carbonyl (C=O) groups excluding carboxylic acids is 1. The summed E-state index contributed by atoms with van der Waals surface area (Å²) in [4.78, 5) is 27.8. The third kappa shape index (κ3) is 3.08. The van der Waals surface area contributed by atoms with Crippen LogP contribution in [-0.2, 0) is 22.6 Å². The molecule has 3 heterocycles. The first-order chi connectivity index (χ1) is 12.5. The number of hydrogen-bond donors (Lipinski definition) is 0. The number of fused-ring (bicyclic) bond motifs is 1. The van der Waals surface area contributed by atoms with E-state index in [0.29, 0.717) is 42.2 Å². The highest BCUT2D eigenvalue weighted by Gasteiger charge is 2.48. The standard InChI is InChI=1S/C18H25BrN2O5/c1-4-5-7-26-16-14-17(23)20(2)18(6-8-25-11-18)10-21(14)12(9-24-3)13(19)15(16)22/h4-11H2,1-3H3. The second kappa shape index (κ2) is 7.70. The molecule has 8 heteroatoms. The van der Waals surface area contributed by atoms with Crippen molar-refractivity contribution in [3.05, 3.63) is 26.1 Å². The molecule has 1 unspecified atom stereocenters. The van der Waals surface area contributed by atoms with Crippen LogP contribution in [0.1, 0.15) is 42.4 Å². The second-order valence-electron chi connectivity index (χ2n) is 6.88. The number of rotatable bonds is 6. The van der Waals surface area contributed by atoms with Gasteiger partial charge >= 0.3 is 0 Å². The predicted molar refractivity (Wildman–Crippen MR) is 99.8 cm³/mol. The fraction of sp³-hybridized carbons (Fsp3) is 0.667. The highest BCUT2D eigenvalue weighted by Crippen LogP contribution is 2.37. The molecule has 0 aliphatic carbocycles. The molecule has 0 N–H and O–H groups in total. The van der Waals surface area contributed by atoms with E-state index in [1.165, 1.54) is 0 Å². The summed E-state index contributed by atoms with van der Waals surface area (Å²) in [6.45, 7) is 4.33. The van der Waals surface area contributed by atoms with Crippen molar-refractivity contribution in [2.24, 2.45) is 0 Å². The smallest absolute Gasteiger partial charge is 0.274 e. The van der Waals surface area contributed by atoms with E-state index in [2.05, 4.69) is 15.9 Å². The number of aromatic nitrogens is 1. The number of halogens is 1. The fourth-order valence-electron chi connectivity index (χ4n) is 3.59. The van der Waals surface area contributed by atoms with Gasteiger partial charge in [-0.05, 0) is 28.8 Å². The van der Waals surface area contributed by atoms with Crippen LogP contribution in [0.4, 0.5) is 0 Å². The summed E-state index contributed by atoms with van der Waals surface area (Å²) in [6, 6.07) is 0. The van der Waals surface area contributed by atoms with Crippen molar-refractivity contribution in [1.82, 2.24) is 9.47 Å². The molecule has 3 rings (SSSR count). The van der Waals surface area contributed by atoms with Gasteiger partial charge in [0.05, 0.1) is 35.5 Å². The second-order valence-corrected chi connectivity index (χ2v) is 7.67. The zero-order chi connectivity index (χ0) is 18.9. The van der Waals surface area contributed by atoms with Crippen molar-refractivity contribution >= 4 is 21.8 Å². The Hall–Kier alpha value is -1.38. The molecule has 7 nitrogen and oxygen atoms in total. The van der Waals surface area contributed by atoms with E-state index in [9.17, 15) is 9.59 Å². The van der Waals surface area contributed by atoms with Crippen molar-refractivity contribution < 1.29 is 19.0 Å². The number of pyridine rings is 1. The van der Waals surface area contributed by atoms with E-state index in [1.54, 1.807) is 19.1 Å². The molecule has 0 radical (unpaired) electrons. The van der Waals surface area contributed by atoms with Gasteiger partial charge in [0.15, 0.2) is 11.4 Å². The Morgan fingerprint density at radius 2 is 2.12 bits per heavy atom. The van der Waals surface area contributed by atoms with Crippen molar-refractivity contribution in [3.8, 4) is 5.75 Å². The fourth-order valence-corrected chi connectivity index (χ4v) is 4.10. The lowest BCUT2D eigenvalue weighted by Crippen LogP contribution is -2.58. The topological polar surface area (TPSA) is 70.0 Å². The first kappa shape index (κ1) is 19.4. The SMILES string of the molecule is CCCCOc1c2n(c(COC)c(Br)c1=O)CC1(CCOC1)N(C)C2=O. The maximum Gasteiger partial charge on any atom is 0.274 e. The van der Waals surface area contributed by atoms with Crippen molar-refractivity contribution in [3.63, 3.8) is 0 Å². The Labute approximate surface area is 161 Å². The van der Waals surface area contributed by atoms with E-state index in [4.69, 9.17) is 14.2 Å². The molecule has 2 aliphatic heterocycles. The van der Waals surface area contributed by atoms with E-state index in [1.807, 2.05) is 11.5 Å². The van der Waals surface area contributed by atoms with Crippen LogP contribution in [0.25, 0.3) is 0 Å². The van der Waals surface area contributed by atoms with Crippen LogP contribution in [0.2, 0.25) is 0 Å². The lowest BCUT2D eigenvalue weighted by atomic mass is 9.92. The molecule has 1 aromatic rings. The molecule has 1 fully saturated rings. The number of nitrogens with zero attached hydrogens (tertiary/aromatic N) is 2. The van der Waals surface area contributed by atoms with Gasteiger partial charge < -0.3 is 23.7 Å². The summed E-state index contributed by atoms with van der Waals surface area (Å²) >= 11 is 3.40. The number of amides is 1. The zero-order valence-corrected chi connectivity index (χ0v) is 17.1. The van der Waals surface area contributed by atoms with E-state index in [0.717, 1.165) is 19.3 Å². The molecule has 2 aliphatic rings. The van der Waals surface area contributed by atoms with Crippen molar-refractivity contribution in [2.75, 3.05) is 34.0 Å². The Bertz CT molecular complexity index is 755. The molecule has 1 spiro atoms. The van der Waals surface area contributed by atoms with Crippen LogP contribution in [0.15, 0.2) is 9.27 Å². The van der Waals surface area contributed by atoms with Gasteiger partial charge in [0.1, 0.15) is 0 Å². The summed E-state index contributed by atoms with van der Waals surface area (Å²) in [5.41, 5.74) is 0.256. The summed E-state index contributed by atoms with van der Waals surface area (Å²) < 4.78 is 18.9. The molecule has 0 saturated carbocycles. The summed E-state index contributed by atoms with van der Waals surface area (Å²) in [6.07, 6.45) is 2.52. The quantitative estimate of drug-likeness (QED) is 0.649. The van der Waals surface area contributed by atoms with Crippen molar-refractivity contribution in [2.45, 2.75) is 44.9 Å². The first-order valence-electron chi connectivity index (χ1n) is 8.89. The molecule has 144 valence electrons. The summed E-state index contributed by atoms with van der Waals surface area (Å²) in [5, 5.41) is 0. The van der Waals surface area contributed by atoms with Crippen LogP contribution < -0.4 is 10.2 Å². The minimum Gasteiger partial charge on any atom is -0.487 e.